The van der Waals surface area contributed by atoms with Gasteiger partial charge in [0.15, 0.2) is 0 Å². The maximum Gasteiger partial charge on any atom is 0.0671 e. The van der Waals surface area contributed by atoms with Gasteiger partial charge in [-0.1, -0.05) is 13.8 Å². The molecule has 1 N–H and O–H groups in total. The van der Waals surface area contributed by atoms with E-state index in [1.807, 2.05) is 0 Å². The van der Waals surface area contributed by atoms with Crippen LogP contribution in [0.4, 0.5) is 0 Å². The standard InChI is InChI=1S/C11H25NO2/c1-10(2)9-14-11(3)8-12-6-5-7-13-4/h10-12H,5-9H2,1-4H3. The first-order valence-corrected chi connectivity index (χ1v) is 5.48. The molecule has 0 saturated heterocycles. The van der Waals surface area contributed by atoms with E-state index in [9.17, 15) is 0 Å². The van der Waals surface area contributed by atoms with E-state index in [0.29, 0.717) is 12.0 Å². The van der Waals surface area contributed by atoms with Gasteiger partial charge >= 0.3 is 0 Å². The van der Waals surface area contributed by atoms with Crippen molar-refractivity contribution in [3.05, 3.63) is 0 Å². The number of methoxy groups -OCH3 is 1. The molecule has 1 unspecified atom stereocenters. The summed E-state index contributed by atoms with van der Waals surface area (Å²) >= 11 is 0. The summed E-state index contributed by atoms with van der Waals surface area (Å²) in [5.74, 6) is 0.617. The molecule has 0 aromatic rings. The number of nitrogens with one attached hydrogen (secondary N) is 1. The predicted molar refractivity (Wildman–Crippen MR) is 59.6 cm³/mol. The van der Waals surface area contributed by atoms with Crippen molar-refractivity contribution in [1.29, 1.82) is 0 Å². The molecule has 0 aromatic heterocycles. The van der Waals surface area contributed by atoms with Crippen LogP contribution in [0.1, 0.15) is 27.2 Å². The zero-order valence-corrected chi connectivity index (χ0v) is 10.0. The van der Waals surface area contributed by atoms with Crippen LogP contribution in [-0.2, 0) is 9.47 Å². The Bertz CT molecular complexity index is 118. The van der Waals surface area contributed by atoms with Crippen molar-refractivity contribution < 1.29 is 9.47 Å². The molecule has 0 aliphatic heterocycles. The Morgan fingerprint density at radius 1 is 1.21 bits per heavy atom. The van der Waals surface area contributed by atoms with Gasteiger partial charge in [-0.15, -0.1) is 0 Å². The Kier molecular flexibility index (Phi) is 9.35. The van der Waals surface area contributed by atoms with E-state index >= 15 is 0 Å². The van der Waals surface area contributed by atoms with Crippen LogP contribution in [0.25, 0.3) is 0 Å². The topological polar surface area (TPSA) is 30.5 Å². The van der Waals surface area contributed by atoms with Gasteiger partial charge in [-0.25, -0.2) is 0 Å². The summed E-state index contributed by atoms with van der Waals surface area (Å²) in [6.07, 6.45) is 1.37. The third kappa shape index (κ3) is 9.96. The molecule has 0 rings (SSSR count). The Morgan fingerprint density at radius 2 is 1.93 bits per heavy atom. The highest BCUT2D eigenvalue weighted by atomic mass is 16.5. The molecule has 0 radical (unpaired) electrons. The third-order valence-electron chi connectivity index (χ3n) is 1.85. The van der Waals surface area contributed by atoms with Crippen molar-refractivity contribution in [2.75, 3.05) is 33.4 Å². The smallest absolute Gasteiger partial charge is 0.0671 e. The lowest BCUT2D eigenvalue weighted by Crippen LogP contribution is -2.29. The molecule has 3 heteroatoms. The maximum atomic E-state index is 5.62. The molecule has 3 nitrogen and oxygen atoms in total. The Labute approximate surface area is 88.2 Å². The average molecular weight is 203 g/mol. The van der Waals surface area contributed by atoms with Gasteiger partial charge in [-0.05, 0) is 25.8 Å². The SMILES string of the molecule is COCCCNCC(C)OCC(C)C. The number of ether oxygens (including phenoxy) is 2. The molecule has 0 saturated carbocycles. The van der Waals surface area contributed by atoms with E-state index in [1.165, 1.54) is 0 Å². The van der Waals surface area contributed by atoms with Gasteiger partial charge in [-0.2, -0.15) is 0 Å². The fourth-order valence-electron chi connectivity index (χ4n) is 1.06. The van der Waals surface area contributed by atoms with E-state index in [2.05, 4.69) is 26.1 Å². The summed E-state index contributed by atoms with van der Waals surface area (Å²) in [5, 5.41) is 3.34. The minimum atomic E-state index is 0.306. The second-order valence-corrected chi connectivity index (χ2v) is 4.09. The second kappa shape index (κ2) is 9.44. The molecule has 86 valence electrons. The van der Waals surface area contributed by atoms with Gasteiger partial charge in [0, 0.05) is 26.9 Å². The van der Waals surface area contributed by atoms with Gasteiger partial charge in [0.05, 0.1) is 6.10 Å². The molecule has 1 atom stereocenters. The Morgan fingerprint density at radius 3 is 2.50 bits per heavy atom. The average Bonchev–Trinajstić information content (AvgIpc) is 2.14. The summed E-state index contributed by atoms with van der Waals surface area (Å²) in [6.45, 7) is 10.0. The van der Waals surface area contributed by atoms with Gasteiger partial charge in [-0.3, -0.25) is 0 Å². The van der Waals surface area contributed by atoms with Gasteiger partial charge in [0.2, 0.25) is 0 Å². The van der Waals surface area contributed by atoms with E-state index < -0.39 is 0 Å². The van der Waals surface area contributed by atoms with Crippen LogP contribution in [0.3, 0.4) is 0 Å². The van der Waals surface area contributed by atoms with Gasteiger partial charge in [0.1, 0.15) is 0 Å². The maximum absolute atomic E-state index is 5.62. The van der Waals surface area contributed by atoms with Crippen LogP contribution in [0.2, 0.25) is 0 Å². The van der Waals surface area contributed by atoms with Crippen LogP contribution >= 0.6 is 0 Å². The third-order valence-corrected chi connectivity index (χ3v) is 1.85. The minimum Gasteiger partial charge on any atom is -0.385 e. The van der Waals surface area contributed by atoms with Crippen molar-refractivity contribution in [2.24, 2.45) is 5.92 Å². The molecule has 0 aliphatic rings. The van der Waals surface area contributed by atoms with Crippen molar-refractivity contribution in [2.45, 2.75) is 33.3 Å². The minimum absolute atomic E-state index is 0.306. The molecule has 0 spiro atoms. The van der Waals surface area contributed by atoms with Crippen LogP contribution in [-0.4, -0.2) is 39.5 Å². The zero-order valence-electron chi connectivity index (χ0n) is 10.0. The normalized spacial score (nSPS) is 13.5. The number of hydrogen-bond acceptors (Lipinski definition) is 3. The number of rotatable bonds is 9. The fraction of sp³-hybridized carbons (Fsp3) is 1.00. The lowest BCUT2D eigenvalue weighted by Gasteiger charge is -2.15. The van der Waals surface area contributed by atoms with Crippen LogP contribution in [0.5, 0.6) is 0 Å². The van der Waals surface area contributed by atoms with Crippen LogP contribution < -0.4 is 5.32 Å². The second-order valence-electron chi connectivity index (χ2n) is 4.09. The molecule has 0 amide bonds. The van der Waals surface area contributed by atoms with E-state index in [0.717, 1.165) is 32.7 Å². The molecule has 0 aliphatic carbocycles. The summed E-state index contributed by atoms with van der Waals surface area (Å²) in [4.78, 5) is 0. The number of hydrogen-bond donors (Lipinski definition) is 1. The molecule has 0 aromatic carbocycles. The highest BCUT2D eigenvalue weighted by Crippen LogP contribution is 1.96. The quantitative estimate of drug-likeness (QED) is 0.578. The first-order valence-electron chi connectivity index (χ1n) is 5.48. The molecular weight excluding hydrogens is 178 g/mol. The lowest BCUT2D eigenvalue weighted by atomic mass is 10.2. The molecular formula is C11H25NO2. The molecule has 0 bridgehead atoms. The van der Waals surface area contributed by atoms with Gasteiger partial charge < -0.3 is 14.8 Å². The Balaban J connectivity index is 3.14. The molecule has 0 fully saturated rings. The van der Waals surface area contributed by atoms with Gasteiger partial charge in [0.25, 0.3) is 0 Å². The zero-order chi connectivity index (χ0) is 10.8. The van der Waals surface area contributed by atoms with Crippen molar-refractivity contribution in [1.82, 2.24) is 5.32 Å². The van der Waals surface area contributed by atoms with E-state index in [4.69, 9.17) is 9.47 Å². The van der Waals surface area contributed by atoms with Crippen molar-refractivity contribution in [3.63, 3.8) is 0 Å². The Hall–Kier alpha value is -0.120. The summed E-state index contributed by atoms with van der Waals surface area (Å²) in [5.41, 5.74) is 0. The monoisotopic (exact) mass is 203 g/mol. The van der Waals surface area contributed by atoms with Crippen molar-refractivity contribution in [3.8, 4) is 0 Å². The first-order chi connectivity index (χ1) is 6.66. The fourth-order valence-corrected chi connectivity index (χ4v) is 1.06. The largest absolute Gasteiger partial charge is 0.385 e. The molecule has 0 heterocycles. The highest BCUT2D eigenvalue weighted by Gasteiger charge is 2.02. The highest BCUT2D eigenvalue weighted by molar-refractivity contribution is 4.56. The van der Waals surface area contributed by atoms with Crippen LogP contribution in [0.15, 0.2) is 0 Å². The molecule has 14 heavy (non-hydrogen) atoms. The van der Waals surface area contributed by atoms with E-state index in [-0.39, 0.29) is 0 Å². The summed E-state index contributed by atoms with van der Waals surface area (Å²) < 4.78 is 10.6. The predicted octanol–water partition coefficient (Wildman–Crippen LogP) is 1.67. The van der Waals surface area contributed by atoms with Crippen molar-refractivity contribution >= 4 is 0 Å². The van der Waals surface area contributed by atoms with E-state index in [1.54, 1.807) is 7.11 Å². The summed E-state index contributed by atoms with van der Waals surface area (Å²) in [6, 6.07) is 0. The summed E-state index contributed by atoms with van der Waals surface area (Å²) in [7, 11) is 1.73. The lowest BCUT2D eigenvalue weighted by molar-refractivity contribution is 0.0475. The first kappa shape index (κ1) is 13.9. The van der Waals surface area contributed by atoms with Crippen LogP contribution in [0, 0.1) is 5.92 Å².